The molecule has 1 N–H and O–H groups in total. The van der Waals surface area contributed by atoms with Crippen LogP contribution in [0.15, 0.2) is 62.6 Å². The Bertz CT molecular complexity index is 1210. The molecule has 0 fully saturated rings. The van der Waals surface area contributed by atoms with Crippen LogP contribution < -0.4 is 10.3 Å². The van der Waals surface area contributed by atoms with Crippen LogP contribution in [0, 0.1) is 6.92 Å². The van der Waals surface area contributed by atoms with E-state index in [-0.39, 0.29) is 24.5 Å². The van der Waals surface area contributed by atoms with E-state index in [0.29, 0.717) is 16.5 Å². The molecule has 0 atom stereocenters. The summed E-state index contributed by atoms with van der Waals surface area (Å²) >= 11 is 0. The van der Waals surface area contributed by atoms with Crippen molar-refractivity contribution in [1.29, 1.82) is 0 Å². The van der Waals surface area contributed by atoms with Crippen molar-refractivity contribution >= 4 is 27.0 Å². The molecule has 2 aromatic carbocycles. The number of nitrogens with one attached hydrogen (secondary N) is 1. The number of hydrogen-bond acceptors (Lipinski definition) is 6. The molecule has 158 valence electrons. The number of fused-ring (bicyclic) bond motifs is 1. The molecule has 0 amide bonds. The summed E-state index contributed by atoms with van der Waals surface area (Å²) in [5.74, 6) is -0.576. The van der Waals surface area contributed by atoms with Crippen LogP contribution in [0.3, 0.4) is 0 Å². The van der Waals surface area contributed by atoms with E-state index in [2.05, 4.69) is 4.72 Å². The van der Waals surface area contributed by atoms with Gasteiger partial charge in [0.05, 0.1) is 11.3 Å². The van der Waals surface area contributed by atoms with Crippen LogP contribution in [0.25, 0.3) is 11.0 Å². The van der Waals surface area contributed by atoms with Gasteiger partial charge in [0, 0.05) is 23.6 Å². The molecule has 8 heteroatoms. The summed E-state index contributed by atoms with van der Waals surface area (Å²) in [5.41, 5.74) is 2.44. The first kappa shape index (κ1) is 21.7. The van der Waals surface area contributed by atoms with Crippen molar-refractivity contribution in [3.05, 3.63) is 75.6 Å². The first-order valence-electron chi connectivity index (χ1n) is 9.56. The van der Waals surface area contributed by atoms with Gasteiger partial charge in [0.1, 0.15) is 12.2 Å². The first-order valence-corrected chi connectivity index (χ1v) is 11.0. The van der Waals surface area contributed by atoms with Crippen LogP contribution in [0.5, 0.6) is 0 Å². The maximum atomic E-state index is 12.2. The highest BCUT2D eigenvalue weighted by Crippen LogP contribution is 2.20. The highest BCUT2D eigenvalue weighted by atomic mass is 32.2. The Morgan fingerprint density at radius 1 is 1.10 bits per heavy atom. The summed E-state index contributed by atoms with van der Waals surface area (Å²) in [7, 11) is -3.69. The number of aryl methyl sites for hydroxylation is 2. The van der Waals surface area contributed by atoms with Gasteiger partial charge in [-0.2, -0.15) is 0 Å². The molecular formula is C22H23NO6S. The molecule has 0 saturated carbocycles. The Balaban J connectivity index is 1.58. The molecule has 1 heterocycles. The van der Waals surface area contributed by atoms with Gasteiger partial charge >= 0.3 is 11.6 Å². The van der Waals surface area contributed by atoms with Crippen LogP contribution in [0.1, 0.15) is 30.0 Å². The number of sulfonamides is 1. The number of rotatable bonds is 8. The van der Waals surface area contributed by atoms with Crippen molar-refractivity contribution in [2.24, 2.45) is 0 Å². The Morgan fingerprint density at radius 3 is 2.53 bits per heavy atom. The van der Waals surface area contributed by atoms with E-state index < -0.39 is 21.6 Å². The average molecular weight is 429 g/mol. The lowest BCUT2D eigenvalue weighted by Gasteiger charge is -2.09. The smallest absolute Gasteiger partial charge is 0.336 e. The van der Waals surface area contributed by atoms with Gasteiger partial charge in [0.25, 0.3) is 0 Å². The fraction of sp³-hybridized carbons (Fsp3) is 0.273. The van der Waals surface area contributed by atoms with Gasteiger partial charge in [0.15, 0.2) is 0 Å². The van der Waals surface area contributed by atoms with Crippen LogP contribution in [0.2, 0.25) is 0 Å². The SMILES string of the molecule is CCc1ccc2c(COC(=O)CCNS(=O)(=O)c3ccc(C)cc3)cc(=O)oc2c1. The Hall–Kier alpha value is -2.97. The molecule has 7 nitrogen and oxygen atoms in total. The van der Waals surface area contributed by atoms with E-state index in [9.17, 15) is 18.0 Å². The summed E-state index contributed by atoms with van der Waals surface area (Å²) in [6, 6.07) is 13.3. The maximum Gasteiger partial charge on any atom is 0.336 e. The molecule has 0 bridgehead atoms. The zero-order valence-corrected chi connectivity index (χ0v) is 17.6. The van der Waals surface area contributed by atoms with Gasteiger partial charge in [0.2, 0.25) is 10.0 Å². The molecule has 3 aromatic rings. The van der Waals surface area contributed by atoms with Gasteiger partial charge in [-0.15, -0.1) is 0 Å². The number of hydrogen-bond donors (Lipinski definition) is 1. The summed E-state index contributed by atoms with van der Waals surface area (Å²) in [4.78, 5) is 24.0. The highest BCUT2D eigenvalue weighted by Gasteiger charge is 2.15. The van der Waals surface area contributed by atoms with Crippen LogP contribution in [-0.4, -0.2) is 20.9 Å². The molecule has 0 spiro atoms. The number of ether oxygens (including phenoxy) is 1. The van der Waals surface area contributed by atoms with Crippen molar-refractivity contribution in [3.63, 3.8) is 0 Å². The van der Waals surface area contributed by atoms with Crippen molar-refractivity contribution in [2.75, 3.05) is 6.54 Å². The number of carbonyl (C=O) groups is 1. The van der Waals surface area contributed by atoms with Gasteiger partial charge in [-0.05, 0) is 37.1 Å². The molecule has 0 aliphatic heterocycles. The van der Waals surface area contributed by atoms with Crippen molar-refractivity contribution < 1.29 is 22.4 Å². The summed E-state index contributed by atoms with van der Waals surface area (Å²) in [6.45, 7) is 3.67. The predicted molar refractivity (Wildman–Crippen MR) is 113 cm³/mol. The number of esters is 1. The minimum atomic E-state index is -3.69. The maximum absolute atomic E-state index is 12.2. The highest BCUT2D eigenvalue weighted by molar-refractivity contribution is 7.89. The minimum absolute atomic E-state index is 0.0907. The average Bonchev–Trinajstić information content (AvgIpc) is 2.71. The molecule has 0 radical (unpaired) electrons. The Labute approximate surface area is 174 Å². The van der Waals surface area contributed by atoms with Gasteiger partial charge in [-0.3, -0.25) is 4.79 Å². The molecule has 1 aromatic heterocycles. The molecule has 0 aliphatic rings. The lowest BCUT2D eigenvalue weighted by atomic mass is 10.1. The first-order chi connectivity index (χ1) is 14.3. The molecule has 0 aliphatic carbocycles. The predicted octanol–water partition coefficient (Wildman–Crippen LogP) is 3.08. The Kier molecular flexibility index (Phi) is 6.69. The lowest BCUT2D eigenvalue weighted by molar-refractivity contribution is -0.144. The van der Waals surface area contributed by atoms with Gasteiger partial charge in [-0.1, -0.05) is 36.8 Å². The quantitative estimate of drug-likeness (QED) is 0.436. The largest absolute Gasteiger partial charge is 0.461 e. The van der Waals surface area contributed by atoms with Gasteiger partial charge < -0.3 is 9.15 Å². The number of benzene rings is 2. The molecule has 0 unspecified atom stereocenters. The van der Waals surface area contributed by atoms with E-state index in [0.717, 1.165) is 17.5 Å². The van der Waals surface area contributed by atoms with Crippen LogP contribution in [0.4, 0.5) is 0 Å². The fourth-order valence-electron chi connectivity index (χ4n) is 2.93. The third-order valence-electron chi connectivity index (χ3n) is 4.64. The van der Waals surface area contributed by atoms with E-state index in [1.54, 1.807) is 18.2 Å². The molecule has 30 heavy (non-hydrogen) atoms. The Morgan fingerprint density at radius 2 is 1.83 bits per heavy atom. The van der Waals surface area contributed by atoms with E-state index in [4.69, 9.17) is 9.15 Å². The second-order valence-electron chi connectivity index (χ2n) is 6.90. The third kappa shape index (κ3) is 5.34. The summed E-state index contributed by atoms with van der Waals surface area (Å²) < 4.78 is 37.3. The lowest BCUT2D eigenvalue weighted by Crippen LogP contribution is -2.26. The number of carbonyl (C=O) groups excluding carboxylic acids is 1. The van der Waals surface area contributed by atoms with Crippen LogP contribution in [-0.2, 0) is 32.6 Å². The topological polar surface area (TPSA) is 103 Å². The van der Waals surface area contributed by atoms with Crippen molar-refractivity contribution in [1.82, 2.24) is 4.72 Å². The summed E-state index contributed by atoms with van der Waals surface area (Å²) in [5, 5.41) is 0.694. The standard InChI is InChI=1S/C22H23NO6S/c1-3-16-6-9-19-17(13-22(25)29-20(19)12-16)14-28-21(24)10-11-23-30(26,27)18-7-4-15(2)5-8-18/h4-9,12-13,23H,3,10-11,14H2,1-2H3. The minimum Gasteiger partial charge on any atom is -0.461 e. The fourth-order valence-corrected chi connectivity index (χ4v) is 3.96. The second-order valence-corrected chi connectivity index (χ2v) is 8.66. The van der Waals surface area contributed by atoms with E-state index >= 15 is 0 Å². The zero-order chi connectivity index (χ0) is 21.7. The normalized spacial score (nSPS) is 11.5. The monoisotopic (exact) mass is 429 g/mol. The second kappa shape index (κ2) is 9.23. The van der Waals surface area contributed by atoms with E-state index in [1.165, 1.54) is 18.2 Å². The summed E-state index contributed by atoms with van der Waals surface area (Å²) in [6.07, 6.45) is 0.668. The van der Waals surface area contributed by atoms with Gasteiger partial charge in [-0.25, -0.2) is 17.9 Å². The van der Waals surface area contributed by atoms with Crippen molar-refractivity contribution in [3.8, 4) is 0 Å². The molecule has 3 rings (SSSR count). The van der Waals surface area contributed by atoms with Crippen molar-refractivity contribution in [2.45, 2.75) is 38.2 Å². The third-order valence-corrected chi connectivity index (χ3v) is 6.12. The zero-order valence-electron chi connectivity index (χ0n) is 16.8. The molecule has 0 saturated heterocycles. The van der Waals surface area contributed by atoms with E-state index in [1.807, 2.05) is 26.0 Å². The molecular weight excluding hydrogens is 406 g/mol. The van der Waals surface area contributed by atoms with Crippen LogP contribution >= 0.6 is 0 Å².